The van der Waals surface area contributed by atoms with Crippen molar-refractivity contribution in [3.8, 4) is 0 Å². The van der Waals surface area contributed by atoms with Crippen molar-refractivity contribution in [3.63, 3.8) is 0 Å². The number of thioether (sulfide) groups is 1. The molecule has 1 N–H and O–H groups in total. The van der Waals surface area contributed by atoms with Crippen molar-refractivity contribution in [2.75, 3.05) is 11.5 Å². The molecule has 14 heavy (non-hydrogen) atoms. The minimum atomic E-state index is 0.845. The molecular formula is C12H21NS. The van der Waals surface area contributed by atoms with Crippen LogP contribution in [-0.4, -0.2) is 23.6 Å². The van der Waals surface area contributed by atoms with E-state index in [0.29, 0.717) is 0 Å². The molecule has 0 radical (unpaired) electrons. The van der Waals surface area contributed by atoms with Crippen LogP contribution in [0, 0.1) is 11.8 Å². The van der Waals surface area contributed by atoms with E-state index in [9.17, 15) is 0 Å². The summed E-state index contributed by atoms with van der Waals surface area (Å²) in [7, 11) is 0. The van der Waals surface area contributed by atoms with Crippen molar-refractivity contribution >= 4 is 11.8 Å². The van der Waals surface area contributed by atoms with Crippen LogP contribution in [0.15, 0.2) is 0 Å². The van der Waals surface area contributed by atoms with Gasteiger partial charge in [-0.3, -0.25) is 0 Å². The van der Waals surface area contributed by atoms with Gasteiger partial charge in [-0.15, -0.1) is 0 Å². The molecule has 0 spiro atoms. The lowest BCUT2D eigenvalue weighted by molar-refractivity contribution is 0.318. The monoisotopic (exact) mass is 211 g/mol. The summed E-state index contributed by atoms with van der Waals surface area (Å²) in [5.41, 5.74) is 0. The predicted octanol–water partition coefficient (Wildman–Crippen LogP) is 2.66. The minimum Gasteiger partial charge on any atom is -0.310 e. The van der Waals surface area contributed by atoms with Gasteiger partial charge in [0.05, 0.1) is 0 Å². The Balaban J connectivity index is 1.52. The van der Waals surface area contributed by atoms with Crippen LogP contribution in [0.4, 0.5) is 0 Å². The first-order valence-electron chi connectivity index (χ1n) is 6.25. The molecule has 4 atom stereocenters. The van der Waals surface area contributed by atoms with E-state index in [1.54, 1.807) is 0 Å². The first-order chi connectivity index (χ1) is 6.92. The Bertz CT molecular complexity index is 200. The van der Waals surface area contributed by atoms with Gasteiger partial charge in [-0.2, -0.15) is 11.8 Å². The van der Waals surface area contributed by atoms with Crippen LogP contribution in [0.25, 0.3) is 0 Å². The Morgan fingerprint density at radius 3 is 2.71 bits per heavy atom. The molecule has 0 aromatic rings. The first-order valence-corrected chi connectivity index (χ1v) is 7.41. The maximum atomic E-state index is 3.93. The molecule has 3 rings (SSSR count). The molecule has 0 aromatic heterocycles. The van der Waals surface area contributed by atoms with Gasteiger partial charge < -0.3 is 5.32 Å². The molecule has 2 saturated carbocycles. The van der Waals surface area contributed by atoms with Gasteiger partial charge in [-0.1, -0.05) is 6.42 Å². The molecule has 3 aliphatic rings. The average Bonchev–Trinajstić information content (AvgIpc) is 2.81. The van der Waals surface area contributed by atoms with E-state index in [4.69, 9.17) is 0 Å². The SMILES string of the molecule is C1CSCC(NC2CC3CCC2C3)C1. The van der Waals surface area contributed by atoms with Crippen molar-refractivity contribution in [2.24, 2.45) is 11.8 Å². The molecule has 3 fully saturated rings. The van der Waals surface area contributed by atoms with Crippen molar-refractivity contribution in [3.05, 3.63) is 0 Å². The molecule has 0 amide bonds. The summed E-state index contributed by atoms with van der Waals surface area (Å²) >= 11 is 2.14. The van der Waals surface area contributed by atoms with Crippen molar-refractivity contribution in [1.82, 2.24) is 5.32 Å². The summed E-state index contributed by atoms with van der Waals surface area (Å²) in [4.78, 5) is 0. The van der Waals surface area contributed by atoms with E-state index >= 15 is 0 Å². The fourth-order valence-electron chi connectivity index (χ4n) is 3.62. The largest absolute Gasteiger partial charge is 0.310 e. The lowest BCUT2D eigenvalue weighted by Gasteiger charge is -2.30. The zero-order valence-corrected chi connectivity index (χ0v) is 9.69. The Morgan fingerprint density at radius 2 is 2.07 bits per heavy atom. The molecule has 1 nitrogen and oxygen atoms in total. The number of nitrogens with one attached hydrogen (secondary N) is 1. The average molecular weight is 211 g/mol. The third-order valence-corrected chi connectivity index (χ3v) is 5.56. The van der Waals surface area contributed by atoms with Gasteiger partial charge in [0.2, 0.25) is 0 Å². The topological polar surface area (TPSA) is 12.0 Å². The van der Waals surface area contributed by atoms with Crippen molar-refractivity contribution < 1.29 is 0 Å². The highest BCUT2D eigenvalue weighted by Gasteiger charge is 2.40. The molecule has 80 valence electrons. The molecule has 2 aliphatic carbocycles. The smallest absolute Gasteiger partial charge is 0.0161 e. The van der Waals surface area contributed by atoms with Gasteiger partial charge in [-0.25, -0.2) is 0 Å². The normalized spacial score (nSPS) is 47.1. The molecule has 2 bridgehead atoms. The Labute approximate surface area is 91.4 Å². The van der Waals surface area contributed by atoms with Gasteiger partial charge in [0.1, 0.15) is 0 Å². The first kappa shape index (κ1) is 9.53. The van der Waals surface area contributed by atoms with Crippen LogP contribution in [0.2, 0.25) is 0 Å². The summed E-state index contributed by atoms with van der Waals surface area (Å²) in [5, 5.41) is 3.93. The Kier molecular flexibility index (Phi) is 2.76. The lowest BCUT2D eigenvalue weighted by atomic mass is 9.94. The number of hydrogen-bond donors (Lipinski definition) is 1. The van der Waals surface area contributed by atoms with Gasteiger partial charge >= 0.3 is 0 Å². The maximum absolute atomic E-state index is 3.93. The number of fused-ring (bicyclic) bond motifs is 2. The Hall–Kier alpha value is 0.310. The van der Waals surface area contributed by atoms with Crippen LogP contribution in [0.1, 0.15) is 38.5 Å². The highest BCUT2D eigenvalue weighted by molar-refractivity contribution is 7.99. The number of hydrogen-bond acceptors (Lipinski definition) is 2. The molecule has 1 aliphatic heterocycles. The van der Waals surface area contributed by atoms with E-state index in [2.05, 4.69) is 17.1 Å². The van der Waals surface area contributed by atoms with Gasteiger partial charge in [0.25, 0.3) is 0 Å². The van der Waals surface area contributed by atoms with Crippen LogP contribution < -0.4 is 5.32 Å². The summed E-state index contributed by atoms with van der Waals surface area (Å²) in [6.45, 7) is 0. The van der Waals surface area contributed by atoms with Gasteiger partial charge in [0.15, 0.2) is 0 Å². The molecule has 1 saturated heterocycles. The van der Waals surface area contributed by atoms with Crippen LogP contribution in [0.3, 0.4) is 0 Å². The van der Waals surface area contributed by atoms with E-state index in [0.717, 1.165) is 23.9 Å². The molecule has 4 unspecified atom stereocenters. The Morgan fingerprint density at radius 1 is 1.07 bits per heavy atom. The highest BCUT2D eigenvalue weighted by Crippen LogP contribution is 2.44. The molecular weight excluding hydrogens is 190 g/mol. The molecule has 1 heterocycles. The van der Waals surface area contributed by atoms with Gasteiger partial charge in [0, 0.05) is 17.8 Å². The predicted molar refractivity (Wildman–Crippen MR) is 62.7 cm³/mol. The van der Waals surface area contributed by atoms with E-state index in [1.165, 1.54) is 50.0 Å². The van der Waals surface area contributed by atoms with E-state index in [1.807, 2.05) is 0 Å². The van der Waals surface area contributed by atoms with Crippen LogP contribution in [-0.2, 0) is 0 Å². The lowest BCUT2D eigenvalue weighted by Crippen LogP contribution is -2.43. The zero-order valence-electron chi connectivity index (χ0n) is 8.87. The van der Waals surface area contributed by atoms with E-state index < -0.39 is 0 Å². The van der Waals surface area contributed by atoms with Crippen LogP contribution in [0.5, 0.6) is 0 Å². The summed E-state index contributed by atoms with van der Waals surface area (Å²) in [5.74, 6) is 4.91. The van der Waals surface area contributed by atoms with Gasteiger partial charge in [-0.05, 0) is 49.7 Å². The van der Waals surface area contributed by atoms with Crippen molar-refractivity contribution in [2.45, 2.75) is 50.6 Å². The third-order valence-electron chi connectivity index (χ3n) is 4.35. The summed E-state index contributed by atoms with van der Waals surface area (Å²) in [6, 6.07) is 1.75. The summed E-state index contributed by atoms with van der Waals surface area (Å²) in [6.07, 6.45) is 8.94. The number of rotatable bonds is 2. The molecule has 2 heteroatoms. The maximum Gasteiger partial charge on any atom is 0.0161 e. The molecule has 0 aromatic carbocycles. The zero-order chi connectivity index (χ0) is 9.38. The van der Waals surface area contributed by atoms with Crippen molar-refractivity contribution in [1.29, 1.82) is 0 Å². The second-order valence-electron chi connectivity index (χ2n) is 5.36. The standard InChI is InChI=1S/C12H21NS/c1-2-11(8-14-5-1)13-12-7-9-3-4-10(12)6-9/h9-13H,1-8H2. The fraction of sp³-hybridized carbons (Fsp3) is 1.00. The minimum absolute atomic E-state index is 0.845. The fourth-order valence-corrected chi connectivity index (χ4v) is 4.71. The second kappa shape index (κ2) is 4.05. The second-order valence-corrected chi connectivity index (χ2v) is 6.51. The summed E-state index contributed by atoms with van der Waals surface area (Å²) < 4.78 is 0. The third kappa shape index (κ3) is 1.83. The van der Waals surface area contributed by atoms with Crippen LogP contribution >= 0.6 is 11.8 Å². The quantitative estimate of drug-likeness (QED) is 0.753. The van der Waals surface area contributed by atoms with E-state index in [-0.39, 0.29) is 0 Å². The highest BCUT2D eigenvalue weighted by atomic mass is 32.2.